The van der Waals surface area contributed by atoms with E-state index in [4.69, 9.17) is 14.2 Å². The SMILES string of the molecule is Cc1ccc(C(Cc2ncnc(OCc3ccccc3)c2OCc2ccccc2)C(=O)N2C(=O)OC[C@@H]2Cc2ccccc2)cc1. The van der Waals surface area contributed by atoms with Gasteiger partial charge in [0.25, 0.3) is 5.88 Å². The number of cyclic esters (lactones) is 1. The fraction of sp³-hybridized carbons (Fsp3) is 0.211. The third kappa shape index (κ3) is 7.41. The second-order valence-electron chi connectivity index (χ2n) is 11.3. The van der Waals surface area contributed by atoms with Gasteiger partial charge in [0.15, 0.2) is 0 Å². The molecule has 1 fully saturated rings. The van der Waals surface area contributed by atoms with Crippen LogP contribution in [0.3, 0.4) is 0 Å². The molecule has 1 aliphatic rings. The van der Waals surface area contributed by atoms with Crippen LogP contribution in [0, 0.1) is 6.92 Å². The number of imide groups is 1. The lowest BCUT2D eigenvalue weighted by atomic mass is 9.91. The molecule has 0 saturated carbocycles. The highest BCUT2D eigenvalue weighted by Gasteiger charge is 2.41. The Labute approximate surface area is 268 Å². The molecule has 1 unspecified atom stereocenters. The predicted octanol–water partition coefficient (Wildman–Crippen LogP) is 6.86. The van der Waals surface area contributed by atoms with E-state index >= 15 is 0 Å². The monoisotopic (exact) mass is 613 g/mol. The van der Waals surface area contributed by atoms with Crippen LogP contribution in [0.1, 0.15) is 39.4 Å². The molecule has 5 aromatic rings. The highest BCUT2D eigenvalue weighted by atomic mass is 16.6. The molecule has 4 aromatic carbocycles. The summed E-state index contributed by atoms with van der Waals surface area (Å²) in [5.74, 6) is -0.466. The number of nitrogens with zero attached hydrogens (tertiary/aromatic N) is 3. The second kappa shape index (κ2) is 14.5. The fourth-order valence-electron chi connectivity index (χ4n) is 5.52. The molecular weight excluding hydrogens is 578 g/mol. The average Bonchev–Trinajstić information content (AvgIpc) is 3.46. The topological polar surface area (TPSA) is 90.9 Å². The minimum absolute atomic E-state index is 0.135. The summed E-state index contributed by atoms with van der Waals surface area (Å²) in [6.45, 7) is 2.66. The lowest BCUT2D eigenvalue weighted by molar-refractivity contribution is -0.130. The zero-order valence-electron chi connectivity index (χ0n) is 25.6. The van der Waals surface area contributed by atoms with Crippen molar-refractivity contribution in [3.63, 3.8) is 0 Å². The fourth-order valence-corrected chi connectivity index (χ4v) is 5.52. The molecule has 1 aliphatic heterocycles. The van der Waals surface area contributed by atoms with Crippen molar-refractivity contribution in [3.8, 4) is 11.6 Å². The van der Waals surface area contributed by atoms with Crippen molar-refractivity contribution in [3.05, 3.63) is 155 Å². The van der Waals surface area contributed by atoms with Crippen LogP contribution in [0.15, 0.2) is 122 Å². The van der Waals surface area contributed by atoms with Crippen LogP contribution < -0.4 is 9.47 Å². The van der Waals surface area contributed by atoms with Crippen molar-refractivity contribution in [1.82, 2.24) is 14.9 Å². The molecule has 2 heterocycles. The maximum absolute atomic E-state index is 14.4. The number of benzene rings is 4. The second-order valence-corrected chi connectivity index (χ2v) is 11.3. The number of aromatic nitrogens is 2. The van der Waals surface area contributed by atoms with Gasteiger partial charge in [0.05, 0.1) is 17.7 Å². The van der Waals surface area contributed by atoms with E-state index in [9.17, 15) is 9.59 Å². The van der Waals surface area contributed by atoms with Gasteiger partial charge in [-0.05, 0) is 35.6 Å². The maximum Gasteiger partial charge on any atom is 0.417 e. The number of amides is 2. The van der Waals surface area contributed by atoms with Gasteiger partial charge < -0.3 is 14.2 Å². The molecule has 46 heavy (non-hydrogen) atoms. The summed E-state index contributed by atoms with van der Waals surface area (Å²) in [7, 11) is 0. The van der Waals surface area contributed by atoms with Gasteiger partial charge in [0, 0.05) is 6.42 Å². The van der Waals surface area contributed by atoms with Crippen LogP contribution in [0.5, 0.6) is 11.6 Å². The van der Waals surface area contributed by atoms with Gasteiger partial charge in [-0.15, -0.1) is 0 Å². The zero-order valence-corrected chi connectivity index (χ0v) is 25.6. The number of carbonyl (C=O) groups excluding carboxylic acids is 2. The van der Waals surface area contributed by atoms with E-state index in [1.807, 2.05) is 122 Å². The van der Waals surface area contributed by atoms with Crippen molar-refractivity contribution >= 4 is 12.0 Å². The minimum atomic E-state index is -0.750. The smallest absolute Gasteiger partial charge is 0.417 e. The van der Waals surface area contributed by atoms with Crippen molar-refractivity contribution < 1.29 is 23.8 Å². The van der Waals surface area contributed by atoms with Gasteiger partial charge in [0.2, 0.25) is 11.7 Å². The molecule has 1 aromatic heterocycles. The standard InChI is InChI=1S/C38H35N3O5/c1-27-17-19-31(20-18-27)33(37(42)41-32(25-46-38(41)43)21-28-11-5-2-6-12-28)22-34-35(44-23-29-13-7-3-8-14-29)36(40-26-39-34)45-24-30-15-9-4-10-16-30/h2-20,26,32-33H,21-25H2,1H3/t32-,33?/m0/s1. The van der Waals surface area contributed by atoms with Gasteiger partial charge >= 0.3 is 6.09 Å². The molecular formula is C38H35N3O5. The number of ether oxygens (including phenoxy) is 3. The first-order chi connectivity index (χ1) is 22.5. The molecule has 8 heteroatoms. The van der Waals surface area contributed by atoms with Crippen LogP contribution in [-0.2, 0) is 35.6 Å². The van der Waals surface area contributed by atoms with Crippen molar-refractivity contribution in [2.45, 2.75) is 44.9 Å². The van der Waals surface area contributed by atoms with Crippen molar-refractivity contribution in [2.24, 2.45) is 0 Å². The number of aryl methyl sites for hydroxylation is 1. The molecule has 6 rings (SSSR count). The van der Waals surface area contributed by atoms with Gasteiger partial charge in [0.1, 0.15) is 26.1 Å². The van der Waals surface area contributed by atoms with E-state index < -0.39 is 18.1 Å². The Morgan fingerprint density at radius 2 is 1.39 bits per heavy atom. The third-order valence-electron chi connectivity index (χ3n) is 7.98. The number of carbonyl (C=O) groups is 2. The predicted molar refractivity (Wildman–Crippen MR) is 173 cm³/mol. The van der Waals surface area contributed by atoms with E-state index in [-0.39, 0.29) is 38.0 Å². The molecule has 1 saturated heterocycles. The summed E-state index contributed by atoms with van der Waals surface area (Å²) in [6.07, 6.45) is 1.43. The number of hydrogen-bond acceptors (Lipinski definition) is 7. The van der Waals surface area contributed by atoms with E-state index in [2.05, 4.69) is 9.97 Å². The molecule has 0 aliphatic carbocycles. The number of hydrogen-bond donors (Lipinski definition) is 0. The van der Waals surface area contributed by atoms with Gasteiger partial charge in [-0.25, -0.2) is 14.7 Å². The Kier molecular flexibility index (Phi) is 9.63. The normalized spacial score (nSPS) is 14.8. The first kappa shape index (κ1) is 30.5. The largest absolute Gasteiger partial charge is 0.482 e. The van der Waals surface area contributed by atoms with Crippen LogP contribution in [0.2, 0.25) is 0 Å². The summed E-state index contributed by atoms with van der Waals surface area (Å²) < 4.78 is 18.0. The first-order valence-corrected chi connectivity index (χ1v) is 15.3. The van der Waals surface area contributed by atoms with Gasteiger partial charge in [-0.1, -0.05) is 121 Å². The highest BCUT2D eigenvalue weighted by Crippen LogP contribution is 2.35. The minimum Gasteiger partial charge on any atom is -0.482 e. The van der Waals surface area contributed by atoms with Crippen LogP contribution >= 0.6 is 0 Å². The summed E-state index contributed by atoms with van der Waals surface area (Å²) >= 11 is 0. The zero-order chi connectivity index (χ0) is 31.7. The van der Waals surface area contributed by atoms with Crippen LogP contribution in [-0.4, -0.2) is 39.5 Å². The molecule has 2 atom stereocenters. The highest BCUT2D eigenvalue weighted by molar-refractivity contribution is 5.97. The first-order valence-electron chi connectivity index (χ1n) is 15.3. The Hall–Kier alpha value is -5.50. The van der Waals surface area contributed by atoms with E-state index in [1.165, 1.54) is 11.2 Å². The Balaban J connectivity index is 1.34. The summed E-state index contributed by atoms with van der Waals surface area (Å²) in [5, 5.41) is 0. The Morgan fingerprint density at radius 3 is 2.02 bits per heavy atom. The van der Waals surface area contributed by atoms with E-state index in [1.54, 1.807) is 0 Å². The molecule has 8 nitrogen and oxygen atoms in total. The Bertz CT molecular complexity index is 1750. The lowest BCUT2D eigenvalue weighted by Gasteiger charge is -2.26. The van der Waals surface area contributed by atoms with Crippen molar-refractivity contribution in [2.75, 3.05) is 6.61 Å². The van der Waals surface area contributed by atoms with Gasteiger partial charge in [-0.3, -0.25) is 4.79 Å². The molecule has 0 bridgehead atoms. The summed E-state index contributed by atoms with van der Waals surface area (Å²) in [5.41, 5.74) is 5.27. The maximum atomic E-state index is 14.4. The summed E-state index contributed by atoms with van der Waals surface area (Å²) in [6, 6.07) is 36.7. The van der Waals surface area contributed by atoms with E-state index in [0.717, 1.165) is 27.8 Å². The number of rotatable bonds is 12. The van der Waals surface area contributed by atoms with Crippen molar-refractivity contribution in [1.29, 1.82) is 0 Å². The summed E-state index contributed by atoms with van der Waals surface area (Å²) in [4.78, 5) is 37.8. The molecule has 0 spiro atoms. The average molecular weight is 614 g/mol. The van der Waals surface area contributed by atoms with Crippen LogP contribution in [0.25, 0.3) is 0 Å². The molecule has 232 valence electrons. The molecule has 0 radical (unpaired) electrons. The lowest BCUT2D eigenvalue weighted by Crippen LogP contribution is -2.43. The third-order valence-corrected chi connectivity index (χ3v) is 7.98. The van der Waals surface area contributed by atoms with Crippen LogP contribution in [0.4, 0.5) is 4.79 Å². The Morgan fingerprint density at radius 1 is 0.804 bits per heavy atom. The van der Waals surface area contributed by atoms with Gasteiger partial charge in [-0.2, -0.15) is 4.98 Å². The molecule has 0 N–H and O–H groups in total. The quantitative estimate of drug-likeness (QED) is 0.152. The van der Waals surface area contributed by atoms with E-state index in [0.29, 0.717) is 17.9 Å². The molecule has 2 amide bonds.